The van der Waals surface area contributed by atoms with E-state index in [1.54, 1.807) is 7.11 Å². The van der Waals surface area contributed by atoms with Crippen molar-refractivity contribution in [2.75, 3.05) is 31.3 Å². The highest BCUT2D eigenvalue weighted by Gasteiger charge is 2.11. The molecule has 1 amide bonds. The van der Waals surface area contributed by atoms with Crippen LogP contribution in [0.1, 0.15) is 19.4 Å². The largest absolute Gasteiger partial charge is 0.495 e. The van der Waals surface area contributed by atoms with Gasteiger partial charge in [0.05, 0.1) is 18.6 Å². The number of carbonyl (C=O) groups excluding carboxylic acids is 1. The van der Waals surface area contributed by atoms with Gasteiger partial charge >= 0.3 is 0 Å². The summed E-state index contributed by atoms with van der Waals surface area (Å²) in [5.74, 6) is 0.871. The molecule has 0 heterocycles. The first-order valence-electron chi connectivity index (χ1n) is 6.88. The van der Waals surface area contributed by atoms with Crippen molar-refractivity contribution in [3.8, 4) is 5.75 Å². The quantitative estimate of drug-likeness (QED) is 0.812. The molecule has 0 aliphatic rings. The predicted octanol–water partition coefficient (Wildman–Crippen LogP) is 3.30. The van der Waals surface area contributed by atoms with E-state index in [0.717, 1.165) is 23.0 Å². The van der Waals surface area contributed by atoms with Crippen LogP contribution in [0.5, 0.6) is 5.75 Å². The number of methoxy groups -OCH3 is 1. The predicted molar refractivity (Wildman–Crippen MR) is 94.3 cm³/mol. The van der Waals surface area contributed by atoms with Gasteiger partial charge in [-0.25, -0.2) is 0 Å². The summed E-state index contributed by atoms with van der Waals surface area (Å²) >= 11 is 6.69. The third-order valence-corrected chi connectivity index (χ3v) is 4.50. The Kier molecular flexibility index (Phi) is 7.53. The number of nitrogens with one attached hydrogen (secondary N) is 1. The van der Waals surface area contributed by atoms with E-state index in [4.69, 9.17) is 17.0 Å². The van der Waals surface area contributed by atoms with E-state index >= 15 is 0 Å². The molecule has 4 nitrogen and oxygen atoms in total. The lowest BCUT2D eigenvalue weighted by Crippen LogP contribution is -2.28. The molecular weight excluding hydrogens is 304 g/mol. The van der Waals surface area contributed by atoms with Crippen LogP contribution in [0.15, 0.2) is 18.2 Å². The Hall–Kier alpha value is -1.27. The van der Waals surface area contributed by atoms with Gasteiger partial charge in [-0.05, 0) is 38.5 Å². The standard InChI is InChI=1S/C15H22N2O2S2/c1-5-17(6-2)15(20)21-10-14(18)16-12-9-11(3)7-8-13(12)19-4/h7-9H,5-6,10H2,1-4H3,(H,16,18). The molecule has 1 N–H and O–H groups in total. The highest BCUT2D eigenvalue weighted by Crippen LogP contribution is 2.25. The van der Waals surface area contributed by atoms with Crippen LogP contribution in [-0.2, 0) is 4.79 Å². The highest BCUT2D eigenvalue weighted by molar-refractivity contribution is 8.23. The zero-order valence-electron chi connectivity index (χ0n) is 12.9. The zero-order valence-corrected chi connectivity index (χ0v) is 14.6. The van der Waals surface area contributed by atoms with Gasteiger partial charge < -0.3 is 15.0 Å². The molecule has 0 fully saturated rings. The number of rotatable bonds is 6. The summed E-state index contributed by atoms with van der Waals surface area (Å²) in [5, 5.41) is 2.87. The van der Waals surface area contributed by atoms with Crippen LogP contribution in [0.3, 0.4) is 0 Å². The summed E-state index contributed by atoms with van der Waals surface area (Å²) in [6.07, 6.45) is 0. The lowest BCUT2D eigenvalue weighted by molar-refractivity contribution is -0.113. The molecule has 116 valence electrons. The first-order chi connectivity index (χ1) is 10.0. The smallest absolute Gasteiger partial charge is 0.234 e. The summed E-state index contributed by atoms with van der Waals surface area (Å²) in [4.78, 5) is 14.1. The summed E-state index contributed by atoms with van der Waals surface area (Å²) < 4.78 is 6.00. The summed E-state index contributed by atoms with van der Waals surface area (Å²) in [5.41, 5.74) is 1.76. The number of thioether (sulfide) groups is 1. The topological polar surface area (TPSA) is 41.6 Å². The number of amides is 1. The van der Waals surface area contributed by atoms with Crippen molar-refractivity contribution in [1.29, 1.82) is 0 Å². The average Bonchev–Trinajstić information content (AvgIpc) is 2.46. The molecule has 0 bridgehead atoms. The van der Waals surface area contributed by atoms with Crippen molar-refractivity contribution in [3.63, 3.8) is 0 Å². The molecular formula is C15H22N2O2S2. The van der Waals surface area contributed by atoms with Crippen LogP contribution < -0.4 is 10.1 Å². The molecule has 0 aliphatic heterocycles. The van der Waals surface area contributed by atoms with Crippen molar-refractivity contribution >= 4 is 39.9 Å². The third kappa shape index (κ3) is 5.55. The summed E-state index contributed by atoms with van der Waals surface area (Å²) in [6.45, 7) is 7.78. The number of anilines is 1. The fourth-order valence-corrected chi connectivity index (χ4v) is 3.01. The normalized spacial score (nSPS) is 10.1. The minimum Gasteiger partial charge on any atom is -0.495 e. The fraction of sp³-hybridized carbons (Fsp3) is 0.467. The second-order valence-electron chi connectivity index (χ2n) is 4.48. The van der Waals surface area contributed by atoms with Crippen molar-refractivity contribution in [3.05, 3.63) is 23.8 Å². The van der Waals surface area contributed by atoms with Crippen LogP contribution in [0.4, 0.5) is 5.69 Å². The van der Waals surface area contributed by atoms with Gasteiger partial charge in [0.15, 0.2) is 0 Å². The minimum absolute atomic E-state index is 0.0848. The van der Waals surface area contributed by atoms with Crippen molar-refractivity contribution in [2.24, 2.45) is 0 Å². The number of hydrogen-bond donors (Lipinski definition) is 1. The molecule has 0 atom stereocenters. The Balaban J connectivity index is 2.58. The van der Waals surface area contributed by atoms with E-state index in [9.17, 15) is 4.79 Å². The second-order valence-corrected chi connectivity index (χ2v) is 6.09. The monoisotopic (exact) mass is 326 g/mol. The van der Waals surface area contributed by atoms with E-state index < -0.39 is 0 Å². The number of carbonyl (C=O) groups is 1. The SMILES string of the molecule is CCN(CC)C(=S)SCC(=O)Nc1cc(C)ccc1OC. The van der Waals surface area contributed by atoms with Crippen LogP contribution >= 0.6 is 24.0 Å². The molecule has 1 aromatic carbocycles. The van der Waals surface area contributed by atoms with Gasteiger partial charge in [-0.1, -0.05) is 30.0 Å². The first-order valence-corrected chi connectivity index (χ1v) is 8.27. The van der Waals surface area contributed by atoms with E-state index in [1.807, 2.05) is 39.0 Å². The summed E-state index contributed by atoms with van der Waals surface area (Å²) in [6, 6.07) is 5.68. The average molecular weight is 326 g/mol. The Morgan fingerprint density at radius 3 is 2.62 bits per heavy atom. The maximum Gasteiger partial charge on any atom is 0.234 e. The molecule has 0 radical (unpaired) electrons. The van der Waals surface area contributed by atoms with Crippen LogP contribution in [-0.4, -0.2) is 41.1 Å². The van der Waals surface area contributed by atoms with Gasteiger partial charge in [0.2, 0.25) is 5.91 Å². The third-order valence-electron chi connectivity index (χ3n) is 2.98. The maximum atomic E-state index is 12.0. The maximum absolute atomic E-state index is 12.0. The van der Waals surface area contributed by atoms with Gasteiger partial charge in [-0.2, -0.15) is 0 Å². The Bertz CT molecular complexity index is 502. The molecule has 1 rings (SSSR count). The molecule has 0 saturated heterocycles. The lowest BCUT2D eigenvalue weighted by atomic mass is 10.2. The van der Waals surface area contributed by atoms with Gasteiger partial charge in [0.25, 0.3) is 0 Å². The van der Waals surface area contributed by atoms with E-state index in [0.29, 0.717) is 17.2 Å². The molecule has 0 saturated carbocycles. The number of thiocarbonyl (C=S) groups is 1. The Morgan fingerprint density at radius 2 is 2.05 bits per heavy atom. The molecule has 0 aliphatic carbocycles. The van der Waals surface area contributed by atoms with Crippen LogP contribution in [0.2, 0.25) is 0 Å². The first kappa shape index (κ1) is 17.8. The fourth-order valence-electron chi connectivity index (χ4n) is 1.81. The lowest BCUT2D eigenvalue weighted by Gasteiger charge is -2.20. The minimum atomic E-state index is -0.0848. The van der Waals surface area contributed by atoms with Gasteiger partial charge in [0.1, 0.15) is 10.1 Å². The molecule has 1 aromatic rings. The number of aryl methyl sites for hydroxylation is 1. The van der Waals surface area contributed by atoms with Gasteiger partial charge in [0, 0.05) is 13.1 Å². The van der Waals surface area contributed by atoms with Gasteiger partial charge in [-0.15, -0.1) is 0 Å². The summed E-state index contributed by atoms with van der Waals surface area (Å²) in [7, 11) is 1.59. The molecule has 0 aromatic heterocycles. The number of hydrogen-bond acceptors (Lipinski definition) is 4. The molecule has 0 unspecified atom stereocenters. The number of benzene rings is 1. The Morgan fingerprint density at radius 1 is 1.38 bits per heavy atom. The highest BCUT2D eigenvalue weighted by atomic mass is 32.2. The van der Waals surface area contributed by atoms with Crippen LogP contribution in [0.25, 0.3) is 0 Å². The van der Waals surface area contributed by atoms with Crippen molar-refractivity contribution in [1.82, 2.24) is 4.90 Å². The van der Waals surface area contributed by atoms with Crippen molar-refractivity contribution < 1.29 is 9.53 Å². The zero-order chi connectivity index (χ0) is 15.8. The van der Waals surface area contributed by atoms with Crippen molar-refractivity contribution in [2.45, 2.75) is 20.8 Å². The number of nitrogens with zero attached hydrogens (tertiary/aromatic N) is 1. The van der Waals surface area contributed by atoms with E-state index in [2.05, 4.69) is 10.2 Å². The van der Waals surface area contributed by atoms with E-state index in [-0.39, 0.29) is 5.91 Å². The second kappa shape index (κ2) is 8.89. The number of ether oxygens (including phenoxy) is 1. The van der Waals surface area contributed by atoms with Gasteiger partial charge in [-0.3, -0.25) is 4.79 Å². The molecule has 0 spiro atoms. The molecule has 6 heteroatoms. The van der Waals surface area contributed by atoms with Crippen LogP contribution in [0, 0.1) is 6.92 Å². The molecule has 21 heavy (non-hydrogen) atoms. The Labute approximate surface area is 136 Å². The van der Waals surface area contributed by atoms with E-state index in [1.165, 1.54) is 11.8 Å².